The summed E-state index contributed by atoms with van der Waals surface area (Å²) >= 11 is 0. The summed E-state index contributed by atoms with van der Waals surface area (Å²) in [5, 5.41) is 0. The lowest BCUT2D eigenvalue weighted by atomic mass is 9.93. The Kier molecular flexibility index (Phi) is 2.47. The first-order valence-corrected chi connectivity index (χ1v) is 7.31. The number of hydrogen-bond donors (Lipinski definition) is 0. The summed E-state index contributed by atoms with van der Waals surface area (Å²) in [6.07, 6.45) is 4.52. The van der Waals surface area contributed by atoms with Crippen LogP contribution in [-0.4, -0.2) is 0 Å². The quantitative estimate of drug-likeness (QED) is 0.549. The molecule has 0 nitrogen and oxygen atoms in total. The highest BCUT2D eigenvalue weighted by Gasteiger charge is 2.23. The van der Waals surface area contributed by atoms with Gasteiger partial charge < -0.3 is 0 Å². The molecular formula is C20H18. The van der Waals surface area contributed by atoms with Crippen LogP contribution >= 0.6 is 0 Å². The van der Waals surface area contributed by atoms with Gasteiger partial charge in [0.25, 0.3) is 0 Å². The lowest BCUT2D eigenvalue weighted by Gasteiger charge is -2.11. The fourth-order valence-corrected chi connectivity index (χ4v) is 3.67. The molecule has 0 aliphatic heterocycles. The van der Waals surface area contributed by atoms with Gasteiger partial charge in [-0.2, -0.15) is 0 Å². The maximum Gasteiger partial charge on any atom is -0.000740 e. The summed E-state index contributed by atoms with van der Waals surface area (Å²) < 4.78 is 0. The van der Waals surface area contributed by atoms with Gasteiger partial charge in [0.05, 0.1) is 0 Å². The molecule has 0 N–H and O–H groups in total. The molecule has 98 valence electrons. The van der Waals surface area contributed by atoms with E-state index >= 15 is 0 Å². The Hall–Kier alpha value is -2.08. The molecule has 0 aromatic heterocycles. The van der Waals surface area contributed by atoms with Crippen LogP contribution in [0.3, 0.4) is 0 Å². The summed E-state index contributed by atoms with van der Waals surface area (Å²) in [7, 11) is 0. The number of hydrogen-bond acceptors (Lipinski definition) is 0. The lowest BCUT2D eigenvalue weighted by Crippen LogP contribution is -1.92. The summed E-state index contributed by atoms with van der Waals surface area (Å²) in [5.41, 5.74) is 11.7. The van der Waals surface area contributed by atoms with Gasteiger partial charge in [-0.25, -0.2) is 0 Å². The molecule has 20 heavy (non-hydrogen) atoms. The van der Waals surface area contributed by atoms with E-state index in [9.17, 15) is 0 Å². The molecule has 2 aliphatic carbocycles. The van der Waals surface area contributed by atoms with Crippen LogP contribution in [0, 0.1) is 0 Å². The highest BCUT2D eigenvalue weighted by atomic mass is 14.3. The Balaban J connectivity index is 1.89. The van der Waals surface area contributed by atoms with Crippen LogP contribution in [0.1, 0.15) is 37.0 Å². The first-order valence-electron chi connectivity index (χ1n) is 7.31. The maximum absolute atomic E-state index is 2.33. The largest absolute Gasteiger partial charge is 0.0686 e. The first kappa shape index (κ1) is 11.7. The van der Waals surface area contributed by atoms with Crippen molar-refractivity contribution in [1.29, 1.82) is 0 Å². The van der Waals surface area contributed by atoms with E-state index in [-0.39, 0.29) is 0 Å². The maximum atomic E-state index is 2.33. The minimum absolute atomic E-state index is 1.08. The number of benzene rings is 2. The lowest BCUT2D eigenvalue weighted by molar-refractivity contribution is 1.21. The van der Waals surface area contributed by atoms with E-state index < -0.39 is 0 Å². The van der Waals surface area contributed by atoms with Crippen molar-refractivity contribution in [2.45, 2.75) is 26.7 Å². The van der Waals surface area contributed by atoms with E-state index in [4.69, 9.17) is 0 Å². The summed E-state index contributed by atoms with van der Waals surface area (Å²) in [6.45, 7) is 4.47. The van der Waals surface area contributed by atoms with Crippen molar-refractivity contribution in [3.63, 3.8) is 0 Å². The number of allylic oxidation sites excluding steroid dienone is 4. The molecule has 0 unspecified atom stereocenters. The van der Waals surface area contributed by atoms with Gasteiger partial charge in [0.1, 0.15) is 0 Å². The van der Waals surface area contributed by atoms with E-state index in [0.717, 1.165) is 12.8 Å². The highest BCUT2D eigenvalue weighted by Crippen LogP contribution is 2.43. The van der Waals surface area contributed by atoms with Gasteiger partial charge in [-0.3, -0.25) is 0 Å². The van der Waals surface area contributed by atoms with Gasteiger partial charge in [0.2, 0.25) is 0 Å². The zero-order chi connectivity index (χ0) is 13.7. The molecule has 4 rings (SSSR count). The Bertz CT molecular complexity index is 772. The van der Waals surface area contributed by atoms with Crippen LogP contribution in [0.15, 0.2) is 59.7 Å². The van der Waals surface area contributed by atoms with Crippen LogP contribution in [0.5, 0.6) is 0 Å². The average Bonchev–Trinajstić information content (AvgIpc) is 2.98. The second-order valence-electron chi connectivity index (χ2n) is 5.99. The summed E-state index contributed by atoms with van der Waals surface area (Å²) in [6, 6.07) is 15.6. The van der Waals surface area contributed by atoms with Crippen molar-refractivity contribution in [2.75, 3.05) is 0 Å². The van der Waals surface area contributed by atoms with Crippen molar-refractivity contribution in [3.8, 4) is 11.1 Å². The van der Waals surface area contributed by atoms with Crippen molar-refractivity contribution in [2.24, 2.45) is 0 Å². The Labute approximate surface area is 120 Å². The van der Waals surface area contributed by atoms with Crippen LogP contribution in [0.4, 0.5) is 0 Å². The van der Waals surface area contributed by atoms with E-state index in [2.05, 4.69) is 62.4 Å². The highest BCUT2D eigenvalue weighted by molar-refractivity contribution is 5.86. The zero-order valence-corrected chi connectivity index (χ0v) is 12.0. The molecule has 0 atom stereocenters. The van der Waals surface area contributed by atoms with E-state index in [1.165, 1.54) is 44.5 Å². The van der Waals surface area contributed by atoms with Crippen molar-refractivity contribution < 1.29 is 0 Å². The molecule has 0 saturated heterocycles. The van der Waals surface area contributed by atoms with Gasteiger partial charge in [0, 0.05) is 0 Å². The average molecular weight is 258 g/mol. The van der Waals surface area contributed by atoms with Crippen molar-refractivity contribution >= 4 is 5.57 Å². The van der Waals surface area contributed by atoms with E-state index in [1.807, 2.05) is 0 Å². The molecule has 0 bridgehead atoms. The molecule has 0 radical (unpaired) electrons. The third-order valence-corrected chi connectivity index (χ3v) is 4.57. The molecule has 2 aromatic carbocycles. The first-order chi connectivity index (χ1) is 9.74. The summed E-state index contributed by atoms with van der Waals surface area (Å²) in [5.74, 6) is 0. The Morgan fingerprint density at radius 3 is 2.30 bits per heavy atom. The monoisotopic (exact) mass is 258 g/mol. The molecule has 0 amide bonds. The molecule has 2 aromatic rings. The standard InChI is InChI=1S/C20H18/c1-13-10-14(2)19(11-13)18-9-5-8-17-16-7-4-3-6-15(16)12-20(17)18/h3-10H,11-12H2,1-2H3. The van der Waals surface area contributed by atoms with Crippen LogP contribution < -0.4 is 0 Å². The van der Waals surface area contributed by atoms with Crippen molar-refractivity contribution in [1.82, 2.24) is 0 Å². The predicted molar refractivity (Wildman–Crippen MR) is 85.7 cm³/mol. The molecule has 0 heterocycles. The molecular weight excluding hydrogens is 240 g/mol. The molecule has 0 fully saturated rings. The van der Waals surface area contributed by atoms with E-state index in [1.54, 1.807) is 0 Å². The normalized spacial score (nSPS) is 16.2. The minimum atomic E-state index is 1.08. The second kappa shape index (κ2) is 4.21. The smallest absolute Gasteiger partial charge is 0.000740 e. The Morgan fingerprint density at radius 1 is 0.750 bits per heavy atom. The van der Waals surface area contributed by atoms with Crippen LogP contribution in [-0.2, 0) is 6.42 Å². The predicted octanol–water partition coefficient (Wildman–Crippen LogP) is 5.38. The topological polar surface area (TPSA) is 0 Å². The minimum Gasteiger partial charge on any atom is -0.0686 e. The molecule has 2 aliphatic rings. The van der Waals surface area contributed by atoms with Gasteiger partial charge in [-0.05, 0) is 65.7 Å². The number of fused-ring (bicyclic) bond motifs is 3. The molecule has 0 spiro atoms. The Morgan fingerprint density at radius 2 is 1.50 bits per heavy atom. The fourth-order valence-electron chi connectivity index (χ4n) is 3.67. The zero-order valence-electron chi connectivity index (χ0n) is 12.0. The fraction of sp³-hybridized carbons (Fsp3) is 0.200. The van der Waals surface area contributed by atoms with Crippen LogP contribution in [0.25, 0.3) is 16.7 Å². The van der Waals surface area contributed by atoms with Gasteiger partial charge in [-0.15, -0.1) is 0 Å². The van der Waals surface area contributed by atoms with Crippen LogP contribution in [0.2, 0.25) is 0 Å². The van der Waals surface area contributed by atoms with Gasteiger partial charge >= 0.3 is 0 Å². The molecule has 0 saturated carbocycles. The van der Waals surface area contributed by atoms with Gasteiger partial charge in [-0.1, -0.05) is 54.1 Å². The second-order valence-corrected chi connectivity index (χ2v) is 5.99. The summed E-state index contributed by atoms with van der Waals surface area (Å²) in [4.78, 5) is 0. The van der Waals surface area contributed by atoms with Crippen molar-refractivity contribution in [3.05, 3.63) is 76.4 Å². The third-order valence-electron chi connectivity index (χ3n) is 4.57. The van der Waals surface area contributed by atoms with E-state index in [0.29, 0.717) is 0 Å². The SMILES string of the molecule is CC1=CC(C)=C(c2cccc3c2Cc2ccccc2-3)C1. The van der Waals surface area contributed by atoms with Gasteiger partial charge in [0.15, 0.2) is 0 Å². The molecule has 0 heteroatoms. The third kappa shape index (κ3) is 1.61. The number of rotatable bonds is 1.